The molecule has 0 N–H and O–H groups in total. The summed E-state index contributed by atoms with van der Waals surface area (Å²) in [6, 6.07) is 23.2. The Morgan fingerprint density at radius 3 is 2.34 bits per heavy atom. The summed E-state index contributed by atoms with van der Waals surface area (Å²) in [5, 5.41) is 0.881. The largest absolute Gasteiger partial charge is 0.293 e. The van der Waals surface area contributed by atoms with E-state index in [9.17, 15) is 4.79 Å². The van der Waals surface area contributed by atoms with Crippen molar-refractivity contribution in [2.24, 2.45) is 4.99 Å². The second kappa shape index (κ2) is 8.40. The predicted octanol–water partition coefficient (Wildman–Crippen LogP) is 6.46. The molecule has 3 aromatic rings. The maximum Gasteiger partial charge on any atom is 0.244 e. The summed E-state index contributed by atoms with van der Waals surface area (Å²) in [6.07, 6.45) is 2.58. The van der Waals surface area contributed by atoms with Crippen LogP contribution in [0, 0.1) is 0 Å². The molecule has 3 aromatic carbocycles. The second-order valence-corrected chi connectivity index (χ2v) is 7.93. The molecule has 0 saturated heterocycles. The Kier molecular flexibility index (Phi) is 5.70. The molecule has 0 saturated carbocycles. The Morgan fingerprint density at radius 1 is 0.966 bits per heavy atom. The number of carbonyl (C=O) groups is 1. The Balaban J connectivity index is 1.64. The first-order chi connectivity index (χ1) is 14.1. The molecular weight excluding hydrogens is 403 g/mol. The zero-order valence-electron chi connectivity index (χ0n) is 15.9. The first-order valence-electron chi connectivity index (χ1n) is 9.50. The minimum Gasteiger partial charge on any atom is -0.293 e. The minimum absolute atomic E-state index is 0.0651. The summed E-state index contributed by atoms with van der Waals surface area (Å²) in [7, 11) is 0. The third-order valence-corrected chi connectivity index (χ3v) is 5.63. The number of halogens is 2. The van der Waals surface area contributed by atoms with Gasteiger partial charge in [0.2, 0.25) is 5.91 Å². The van der Waals surface area contributed by atoms with Crippen molar-refractivity contribution in [3.63, 3.8) is 0 Å². The molecule has 0 radical (unpaired) electrons. The van der Waals surface area contributed by atoms with Crippen molar-refractivity contribution in [2.45, 2.75) is 25.3 Å². The molecule has 146 valence electrons. The van der Waals surface area contributed by atoms with Crippen molar-refractivity contribution in [1.29, 1.82) is 0 Å². The van der Waals surface area contributed by atoms with Gasteiger partial charge in [-0.2, -0.15) is 0 Å². The van der Waals surface area contributed by atoms with Crippen molar-refractivity contribution >= 4 is 46.7 Å². The number of rotatable bonds is 5. The van der Waals surface area contributed by atoms with Crippen LogP contribution in [-0.4, -0.2) is 18.2 Å². The fourth-order valence-electron chi connectivity index (χ4n) is 3.66. The highest BCUT2D eigenvalue weighted by molar-refractivity contribution is 6.41. The summed E-state index contributed by atoms with van der Waals surface area (Å²) < 4.78 is 0. The number of hydrogen-bond acceptors (Lipinski definition) is 2. The fourth-order valence-corrected chi connectivity index (χ4v) is 4.23. The van der Waals surface area contributed by atoms with Gasteiger partial charge in [-0.3, -0.25) is 14.7 Å². The lowest BCUT2D eigenvalue weighted by molar-refractivity contribution is -0.117. The third-order valence-electron chi connectivity index (χ3n) is 5.02. The zero-order valence-corrected chi connectivity index (χ0v) is 17.4. The lowest BCUT2D eigenvalue weighted by atomic mass is 10.0. The number of amides is 1. The van der Waals surface area contributed by atoms with Gasteiger partial charge in [-0.15, -0.1) is 0 Å². The molecule has 1 heterocycles. The number of benzene rings is 3. The summed E-state index contributed by atoms with van der Waals surface area (Å²) >= 11 is 12.8. The van der Waals surface area contributed by atoms with Gasteiger partial charge in [0.05, 0.1) is 27.5 Å². The number of fused-ring (bicyclic) bond motifs is 1. The summed E-state index contributed by atoms with van der Waals surface area (Å²) in [6.45, 7) is 2.05. The van der Waals surface area contributed by atoms with Crippen LogP contribution in [0.4, 0.5) is 11.4 Å². The van der Waals surface area contributed by atoms with Crippen molar-refractivity contribution < 1.29 is 4.79 Å². The molecule has 2 unspecified atom stereocenters. The molecule has 1 aliphatic heterocycles. The highest BCUT2D eigenvalue weighted by Crippen LogP contribution is 2.46. The van der Waals surface area contributed by atoms with Gasteiger partial charge in [-0.25, -0.2) is 0 Å². The van der Waals surface area contributed by atoms with E-state index in [0.29, 0.717) is 15.7 Å². The van der Waals surface area contributed by atoms with Crippen LogP contribution in [-0.2, 0) is 11.2 Å². The second-order valence-electron chi connectivity index (χ2n) is 7.12. The summed E-state index contributed by atoms with van der Waals surface area (Å²) in [5.41, 5.74) is 3.44. The molecular formula is C24H20Cl2N2O. The van der Waals surface area contributed by atoms with Crippen LogP contribution >= 0.6 is 23.2 Å². The first kappa shape index (κ1) is 19.7. The molecule has 2 atom stereocenters. The third kappa shape index (κ3) is 3.93. The SMILES string of the molecule is CC(Cc1ccccc1)N=CC1C(=O)N(c2c(Cl)cccc2Cl)c2ccccc21. The number of anilines is 2. The summed E-state index contributed by atoms with van der Waals surface area (Å²) in [5.74, 6) is -0.561. The maximum atomic E-state index is 13.4. The Morgan fingerprint density at radius 2 is 1.62 bits per heavy atom. The van der Waals surface area contributed by atoms with Gasteiger partial charge in [0.15, 0.2) is 0 Å². The Hall–Kier alpha value is -2.62. The van der Waals surface area contributed by atoms with E-state index in [4.69, 9.17) is 23.2 Å². The molecule has 0 spiro atoms. The zero-order chi connectivity index (χ0) is 20.4. The molecule has 0 bridgehead atoms. The molecule has 3 nitrogen and oxygen atoms in total. The highest BCUT2D eigenvalue weighted by Gasteiger charge is 2.38. The van der Waals surface area contributed by atoms with E-state index in [1.165, 1.54) is 5.56 Å². The van der Waals surface area contributed by atoms with E-state index in [1.807, 2.05) is 42.5 Å². The number of carbonyl (C=O) groups excluding carboxylic acids is 1. The van der Waals surface area contributed by atoms with Crippen LogP contribution in [0.2, 0.25) is 10.0 Å². The normalized spacial score (nSPS) is 17.0. The van der Waals surface area contributed by atoms with Crippen LogP contribution in [0.5, 0.6) is 0 Å². The highest BCUT2D eigenvalue weighted by atomic mass is 35.5. The van der Waals surface area contributed by atoms with E-state index in [2.05, 4.69) is 24.0 Å². The summed E-state index contributed by atoms with van der Waals surface area (Å²) in [4.78, 5) is 19.7. The number of para-hydroxylation sites is 2. The smallest absolute Gasteiger partial charge is 0.244 e. The Bertz CT molecular complexity index is 1050. The van der Waals surface area contributed by atoms with E-state index >= 15 is 0 Å². The molecule has 0 aliphatic carbocycles. The van der Waals surface area contributed by atoms with E-state index in [1.54, 1.807) is 29.3 Å². The van der Waals surface area contributed by atoms with Gasteiger partial charge in [-0.05, 0) is 42.7 Å². The molecule has 0 aromatic heterocycles. The van der Waals surface area contributed by atoms with Gasteiger partial charge in [0.25, 0.3) is 0 Å². The standard InChI is InChI=1S/C24H20Cl2N2O/c1-16(14-17-8-3-2-4-9-17)27-15-19-18-10-5-6-13-22(18)28(24(19)29)23-20(25)11-7-12-21(23)26/h2-13,15-16,19H,14H2,1H3. The van der Waals surface area contributed by atoms with E-state index in [0.717, 1.165) is 17.7 Å². The average molecular weight is 423 g/mol. The van der Waals surface area contributed by atoms with Gasteiger partial charge < -0.3 is 0 Å². The molecule has 1 amide bonds. The molecule has 1 aliphatic rings. The molecule has 29 heavy (non-hydrogen) atoms. The first-order valence-corrected chi connectivity index (χ1v) is 10.3. The van der Waals surface area contributed by atoms with Crippen molar-refractivity contribution in [3.8, 4) is 0 Å². The van der Waals surface area contributed by atoms with Gasteiger partial charge in [0.1, 0.15) is 5.92 Å². The quantitative estimate of drug-likeness (QED) is 0.434. The monoisotopic (exact) mass is 422 g/mol. The van der Waals surface area contributed by atoms with Gasteiger partial charge in [-0.1, -0.05) is 77.8 Å². The lowest BCUT2D eigenvalue weighted by Gasteiger charge is -2.20. The average Bonchev–Trinajstić information content (AvgIpc) is 2.99. The molecule has 4 rings (SSSR count). The number of aliphatic imine (C=N–C) groups is 1. The van der Waals surface area contributed by atoms with Crippen molar-refractivity contribution in [3.05, 3.63) is 94.0 Å². The van der Waals surface area contributed by atoms with Crippen molar-refractivity contribution in [1.82, 2.24) is 0 Å². The Labute approximate surface area is 180 Å². The number of nitrogens with zero attached hydrogens (tertiary/aromatic N) is 2. The van der Waals surface area contributed by atoms with Crippen LogP contribution < -0.4 is 4.90 Å². The molecule has 5 heteroatoms. The van der Waals surface area contributed by atoms with Crippen LogP contribution in [0.25, 0.3) is 0 Å². The lowest BCUT2D eigenvalue weighted by Crippen LogP contribution is -2.25. The topological polar surface area (TPSA) is 32.7 Å². The molecule has 0 fully saturated rings. The minimum atomic E-state index is -0.461. The van der Waals surface area contributed by atoms with Gasteiger partial charge in [0, 0.05) is 6.21 Å². The fraction of sp³-hybridized carbons (Fsp3) is 0.167. The maximum absolute atomic E-state index is 13.4. The van der Waals surface area contributed by atoms with E-state index in [-0.39, 0.29) is 11.9 Å². The van der Waals surface area contributed by atoms with Crippen LogP contribution in [0.1, 0.15) is 24.0 Å². The van der Waals surface area contributed by atoms with E-state index < -0.39 is 5.92 Å². The number of hydrogen-bond donors (Lipinski definition) is 0. The van der Waals surface area contributed by atoms with Gasteiger partial charge >= 0.3 is 0 Å². The predicted molar refractivity (Wildman–Crippen MR) is 121 cm³/mol. The van der Waals surface area contributed by atoms with Crippen LogP contribution in [0.15, 0.2) is 77.8 Å². The van der Waals surface area contributed by atoms with Crippen molar-refractivity contribution in [2.75, 3.05) is 4.90 Å². The van der Waals surface area contributed by atoms with Crippen LogP contribution in [0.3, 0.4) is 0 Å².